The molecule has 0 bridgehead atoms. The minimum atomic E-state index is 0.689. The van der Waals surface area contributed by atoms with Crippen LogP contribution in [0.2, 0.25) is 0 Å². The number of hydrogen-bond donors (Lipinski definition) is 0. The molecule has 5 heteroatoms. The van der Waals surface area contributed by atoms with E-state index in [0.29, 0.717) is 5.82 Å². The Balaban J connectivity index is 1.84. The summed E-state index contributed by atoms with van der Waals surface area (Å²) >= 11 is 0. The molecule has 1 aliphatic heterocycles. The second-order valence-electron chi connectivity index (χ2n) is 4.34. The molecule has 3 rings (SSSR count). The number of tetrazole rings is 1. The molecule has 0 aliphatic carbocycles. The lowest BCUT2D eigenvalue weighted by Gasteiger charge is -2.17. The van der Waals surface area contributed by atoms with Crippen LogP contribution in [0, 0.1) is 6.92 Å². The summed E-state index contributed by atoms with van der Waals surface area (Å²) in [6.07, 6.45) is 2.59. The molecule has 0 amide bonds. The fourth-order valence-corrected chi connectivity index (χ4v) is 2.17. The lowest BCUT2D eigenvalue weighted by atomic mass is 10.2. The molecular formula is C12H15N5. The summed E-state index contributed by atoms with van der Waals surface area (Å²) in [5, 5.41) is 12.0. The summed E-state index contributed by atoms with van der Waals surface area (Å²) in [6.45, 7) is 4.17. The molecule has 0 saturated carbocycles. The quantitative estimate of drug-likeness (QED) is 0.784. The van der Waals surface area contributed by atoms with Crippen molar-refractivity contribution in [2.24, 2.45) is 0 Å². The highest BCUT2D eigenvalue weighted by molar-refractivity contribution is 5.51. The predicted molar refractivity (Wildman–Crippen MR) is 65.3 cm³/mol. The van der Waals surface area contributed by atoms with Gasteiger partial charge < -0.3 is 4.90 Å². The van der Waals surface area contributed by atoms with Gasteiger partial charge in [-0.1, -0.05) is 0 Å². The molecule has 0 N–H and O–H groups in total. The molecule has 1 saturated heterocycles. The third kappa shape index (κ3) is 2.00. The van der Waals surface area contributed by atoms with E-state index in [1.54, 1.807) is 4.80 Å². The number of anilines is 1. The monoisotopic (exact) mass is 229 g/mol. The summed E-state index contributed by atoms with van der Waals surface area (Å²) in [4.78, 5) is 3.97. The third-order valence-corrected chi connectivity index (χ3v) is 3.07. The first-order chi connectivity index (χ1) is 8.33. The molecule has 2 aromatic rings. The molecule has 1 fully saturated rings. The highest BCUT2D eigenvalue weighted by Gasteiger charge is 2.12. The van der Waals surface area contributed by atoms with Crippen molar-refractivity contribution in [3.63, 3.8) is 0 Å². The Kier molecular flexibility index (Phi) is 2.51. The van der Waals surface area contributed by atoms with Crippen molar-refractivity contribution in [3.8, 4) is 5.69 Å². The van der Waals surface area contributed by atoms with Crippen LogP contribution in [0.4, 0.5) is 5.69 Å². The maximum Gasteiger partial charge on any atom is 0.172 e. The molecule has 0 atom stereocenters. The van der Waals surface area contributed by atoms with Crippen molar-refractivity contribution in [2.75, 3.05) is 18.0 Å². The maximum absolute atomic E-state index is 4.19. The van der Waals surface area contributed by atoms with Crippen LogP contribution < -0.4 is 4.90 Å². The zero-order chi connectivity index (χ0) is 11.7. The zero-order valence-electron chi connectivity index (χ0n) is 9.87. The van der Waals surface area contributed by atoms with Crippen LogP contribution in [0.1, 0.15) is 18.7 Å². The summed E-state index contributed by atoms with van der Waals surface area (Å²) in [5.41, 5.74) is 2.23. The van der Waals surface area contributed by atoms with Gasteiger partial charge in [-0.3, -0.25) is 0 Å². The maximum atomic E-state index is 4.19. The first-order valence-corrected chi connectivity index (χ1v) is 5.95. The largest absolute Gasteiger partial charge is 0.372 e. The van der Waals surface area contributed by atoms with Crippen molar-refractivity contribution in [1.29, 1.82) is 0 Å². The van der Waals surface area contributed by atoms with Gasteiger partial charge in [0, 0.05) is 18.8 Å². The van der Waals surface area contributed by atoms with E-state index >= 15 is 0 Å². The Morgan fingerprint density at radius 3 is 2.24 bits per heavy atom. The number of aryl methyl sites for hydroxylation is 1. The third-order valence-electron chi connectivity index (χ3n) is 3.07. The molecule has 0 unspecified atom stereocenters. The van der Waals surface area contributed by atoms with E-state index in [1.807, 2.05) is 19.1 Å². The molecule has 0 radical (unpaired) electrons. The van der Waals surface area contributed by atoms with E-state index in [1.165, 1.54) is 31.6 Å². The van der Waals surface area contributed by atoms with Crippen LogP contribution >= 0.6 is 0 Å². The summed E-state index contributed by atoms with van der Waals surface area (Å²) in [7, 11) is 0. The van der Waals surface area contributed by atoms with Crippen molar-refractivity contribution in [1.82, 2.24) is 20.2 Å². The van der Waals surface area contributed by atoms with Crippen LogP contribution in [0.5, 0.6) is 0 Å². The van der Waals surface area contributed by atoms with Crippen LogP contribution in [0.3, 0.4) is 0 Å². The van der Waals surface area contributed by atoms with Crippen LogP contribution in [-0.4, -0.2) is 33.3 Å². The van der Waals surface area contributed by atoms with Crippen molar-refractivity contribution in [3.05, 3.63) is 30.1 Å². The number of nitrogens with zero attached hydrogens (tertiary/aromatic N) is 5. The molecule has 0 spiro atoms. The first-order valence-electron chi connectivity index (χ1n) is 5.95. The highest BCUT2D eigenvalue weighted by Crippen LogP contribution is 2.21. The fourth-order valence-electron chi connectivity index (χ4n) is 2.17. The standard InChI is InChI=1S/C12H15N5/c1-10-13-15-17(14-10)12-6-4-11(5-7-12)16-8-2-3-9-16/h4-7H,2-3,8-9H2,1H3. The van der Waals surface area contributed by atoms with Gasteiger partial charge in [0.25, 0.3) is 0 Å². The smallest absolute Gasteiger partial charge is 0.172 e. The van der Waals surface area contributed by atoms with Gasteiger partial charge in [-0.2, -0.15) is 0 Å². The summed E-state index contributed by atoms with van der Waals surface area (Å²) in [6, 6.07) is 8.32. The lowest BCUT2D eigenvalue weighted by molar-refractivity contribution is 0.718. The lowest BCUT2D eigenvalue weighted by Crippen LogP contribution is -2.17. The number of aromatic nitrogens is 4. The van der Waals surface area contributed by atoms with E-state index in [0.717, 1.165) is 5.69 Å². The Bertz CT molecular complexity index is 496. The Labute approximate surface area is 100 Å². The molecule has 17 heavy (non-hydrogen) atoms. The van der Waals surface area contributed by atoms with E-state index in [9.17, 15) is 0 Å². The van der Waals surface area contributed by atoms with Crippen molar-refractivity contribution in [2.45, 2.75) is 19.8 Å². The molecule has 88 valence electrons. The van der Waals surface area contributed by atoms with Gasteiger partial charge in [0.15, 0.2) is 5.82 Å². The summed E-state index contributed by atoms with van der Waals surface area (Å²) in [5.74, 6) is 0.689. The fraction of sp³-hybridized carbons (Fsp3) is 0.417. The number of hydrogen-bond acceptors (Lipinski definition) is 4. The van der Waals surface area contributed by atoms with Gasteiger partial charge in [0.05, 0.1) is 5.69 Å². The molecule has 5 nitrogen and oxygen atoms in total. The first kappa shape index (κ1) is 10.3. The molecule has 2 heterocycles. The average Bonchev–Trinajstić information content (AvgIpc) is 3.00. The minimum Gasteiger partial charge on any atom is -0.372 e. The van der Waals surface area contributed by atoms with E-state index in [4.69, 9.17) is 0 Å². The highest BCUT2D eigenvalue weighted by atomic mass is 15.6. The molecule has 1 aliphatic rings. The number of rotatable bonds is 2. The van der Waals surface area contributed by atoms with E-state index in [-0.39, 0.29) is 0 Å². The van der Waals surface area contributed by atoms with Gasteiger partial charge in [-0.25, -0.2) is 0 Å². The van der Waals surface area contributed by atoms with Crippen LogP contribution in [-0.2, 0) is 0 Å². The summed E-state index contributed by atoms with van der Waals surface area (Å²) < 4.78 is 0. The van der Waals surface area contributed by atoms with E-state index < -0.39 is 0 Å². The predicted octanol–water partition coefficient (Wildman–Crippen LogP) is 1.57. The molecular weight excluding hydrogens is 214 g/mol. The number of benzene rings is 1. The molecule has 1 aromatic heterocycles. The average molecular weight is 229 g/mol. The Hall–Kier alpha value is -1.91. The van der Waals surface area contributed by atoms with Gasteiger partial charge in [0.1, 0.15) is 0 Å². The van der Waals surface area contributed by atoms with Gasteiger partial charge in [-0.05, 0) is 49.2 Å². The normalized spacial score (nSPS) is 15.5. The molecule has 1 aromatic carbocycles. The van der Waals surface area contributed by atoms with Crippen LogP contribution in [0.15, 0.2) is 24.3 Å². The zero-order valence-corrected chi connectivity index (χ0v) is 9.87. The van der Waals surface area contributed by atoms with Crippen molar-refractivity contribution < 1.29 is 0 Å². The SMILES string of the molecule is Cc1nnn(-c2ccc(N3CCCC3)cc2)n1. The van der Waals surface area contributed by atoms with Crippen LogP contribution in [0.25, 0.3) is 5.69 Å². The Morgan fingerprint density at radius 2 is 1.65 bits per heavy atom. The topological polar surface area (TPSA) is 46.8 Å². The van der Waals surface area contributed by atoms with Gasteiger partial charge >= 0.3 is 0 Å². The Morgan fingerprint density at radius 1 is 1.00 bits per heavy atom. The van der Waals surface area contributed by atoms with Gasteiger partial charge in [-0.15, -0.1) is 15.0 Å². The second-order valence-corrected chi connectivity index (χ2v) is 4.34. The minimum absolute atomic E-state index is 0.689. The second kappa shape index (κ2) is 4.16. The van der Waals surface area contributed by atoms with Gasteiger partial charge in [0.2, 0.25) is 0 Å². The van der Waals surface area contributed by atoms with Crippen molar-refractivity contribution >= 4 is 5.69 Å². The van der Waals surface area contributed by atoms with E-state index in [2.05, 4.69) is 32.4 Å².